The molecule has 2 saturated heterocycles. The normalized spacial score (nSPS) is 19.9. The van der Waals surface area contributed by atoms with Gasteiger partial charge in [-0.15, -0.1) is 23.1 Å². The van der Waals surface area contributed by atoms with Gasteiger partial charge in [0, 0.05) is 29.0 Å². The van der Waals surface area contributed by atoms with Crippen molar-refractivity contribution in [3.05, 3.63) is 55.2 Å². The molecule has 0 aliphatic carbocycles. The van der Waals surface area contributed by atoms with Crippen molar-refractivity contribution in [2.75, 3.05) is 31.5 Å². The molecule has 2 aromatic heterocycles. The molecule has 3 aliphatic rings. The first-order valence-corrected chi connectivity index (χ1v) is 22.5. The number of hydrogen-bond acceptors (Lipinski definition) is 17. The van der Waals surface area contributed by atoms with Crippen LogP contribution in [0.1, 0.15) is 80.8 Å². The van der Waals surface area contributed by atoms with Crippen LogP contribution in [0.2, 0.25) is 0 Å². The maximum absolute atomic E-state index is 14.2. The van der Waals surface area contributed by atoms with Gasteiger partial charge in [0.15, 0.2) is 22.3 Å². The largest absolute Gasteiger partial charge is 0.539 e. The van der Waals surface area contributed by atoms with Gasteiger partial charge in [-0.1, -0.05) is 5.16 Å². The van der Waals surface area contributed by atoms with Crippen LogP contribution in [0.4, 0.5) is 9.93 Å². The van der Waals surface area contributed by atoms with Gasteiger partial charge in [0.1, 0.15) is 40.6 Å². The van der Waals surface area contributed by atoms with Crippen LogP contribution < -0.4 is 21.8 Å². The Kier molecular flexibility index (Phi) is 13.6. The zero-order valence-corrected chi connectivity index (χ0v) is 39.1. The maximum Gasteiger partial charge on any atom is 0.413 e. The van der Waals surface area contributed by atoms with Gasteiger partial charge in [-0.2, -0.15) is 0 Å². The molecule has 348 valence electrons. The number of aromatic nitrogens is 3. The molecule has 5 N–H and O–H groups in total. The molecule has 24 heteroatoms. The van der Waals surface area contributed by atoms with Crippen LogP contribution in [-0.4, -0.2) is 138 Å². The lowest BCUT2D eigenvalue weighted by molar-refractivity contribution is -0.913. The van der Waals surface area contributed by atoms with E-state index in [-0.39, 0.29) is 40.4 Å². The molecule has 65 heavy (non-hydrogen) atoms. The molecule has 21 nitrogen and oxygen atoms in total. The third-order valence-electron chi connectivity index (χ3n) is 10.7. The molecule has 2 fully saturated rings. The first-order chi connectivity index (χ1) is 30.2. The molecule has 6 rings (SSSR count). The second kappa shape index (κ2) is 18.2. The van der Waals surface area contributed by atoms with Gasteiger partial charge in [0.2, 0.25) is 5.60 Å². The molecular weight excluding hydrogens is 887 g/mol. The van der Waals surface area contributed by atoms with E-state index in [4.69, 9.17) is 27.0 Å². The molecule has 0 saturated carbocycles. The number of nitrogens with zero attached hydrogens (tertiary/aromatic N) is 5. The first-order valence-electron chi connectivity index (χ1n) is 20.7. The molecule has 3 aliphatic heterocycles. The number of amides is 3. The van der Waals surface area contributed by atoms with Gasteiger partial charge in [-0.25, -0.2) is 24.0 Å². The zero-order chi connectivity index (χ0) is 48.0. The molecule has 1 aromatic carbocycles. The summed E-state index contributed by atoms with van der Waals surface area (Å²) in [5.74, 6) is -4.44. The smallest absolute Gasteiger partial charge is 0.413 e. The second-order valence-electron chi connectivity index (χ2n) is 18.5. The highest BCUT2D eigenvalue weighted by atomic mass is 32.2. The van der Waals surface area contributed by atoms with Gasteiger partial charge < -0.3 is 39.0 Å². The molecular formula is C41H52BN8O13S2+. The number of phenolic OH excluding ortho intramolecular Hbond substituents is 2. The highest BCUT2D eigenvalue weighted by Crippen LogP contribution is 2.45. The Morgan fingerprint density at radius 2 is 1.62 bits per heavy atom. The van der Waals surface area contributed by atoms with Gasteiger partial charge in [0.25, 0.3) is 22.9 Å². The van der Waals surface area contributed by atoms with Gasteiger partial charge in [-0.3, -0.25) is 34.5 Å². The number of fused-ring (bicyclic) bond motifs is 2. The van der Waals surface area contributed by atoms with Crippen LogP contribution in [0.5, 0.6) is 11.5 Å². The maximum atomic E-state index is 14.2. The summed E-state index contributed by atoms with van der Waals surface area (Å²) in [4.78, 5) is 105. The predicted molar refractivity (Wildman–Crippen MR) is 239 cm³/mol. The second-order valence-corrected chi connectivity index (χ2v) is 20.8. The van der Waals surface area contributed by atoms with Crippen molar-refractivity contribution >= 4 is 82.6 Å². The van der Waals surface area contributed by atoms with Crippen molar-refractivity contribution in [1.82, 2.24) is 25.0 Å². The number of benzene rings is 1. The van der Waals surface area contributed by atoms with Crippen LogP contribution in [-0.2, 0) is 44.7 Å². The summed E-state index contributed by atoms with van der Waals surface area (Å²) in [7, 11) is 5.45. The third kappa shape index (κ3) is 10.6. The minimum absolute atomic E-state index is 0.0452. The number of H-pyrrole nitrogens is 1. The number of aromatic hydroxyl groups is 2. The highest BCUT2D eigenvalue weighted by Gasteiger charge is 2.57. The number of aromatic amines is 1. The van der Waals surface area contributed by atoms with Gasteiger partial charge in [-0.05, 0) is 74.4 Å². The molecule has 3 atom stereocenters. The van der Waals surface area contributed by atoms with Crippen LogP contribution >= 0.6 is 23.1 Å². The van der Waals surface area contributed by atoms with Gasteiger partial charge in [0.05, 0.1) is 37.0 Å². The Bertz CT molecular complexity index is 2600. The van der Waals surface area contributed by atoms with E-state index in [9.17, 15) is 43.8 Å². The Balaban J connectivity index is 1.26. The third-order valence-corrected chi connectivity index (χ3v) is 12.9. The van der Waals surface area contributed by atoms with E-state index in [1.54, 1.807) is 41.5 Å². The number of carbonyl (C=O) groups excluding carboxylic acids is 5. The number of nitrogens with one attached hydrogen (secondary N) is 3. The van der Waals surface area contributed by atoms with Crippen LogP contribution in [0.25, 0.3) is 10.8 Å². The van der Waals surface area contributed by atoms with E-state index in [1.807, 2.05) is 6.92 Å². The van der Waals surface area contributed by atoms with Crippen molar-refractivity contribution in [2.45, 2.75) is 115 Å². The molecule has 5 heterocycles. The quantitative estimate of drug-likeness (QED) is 0.0314. The summed E-state index contributed by atoms with van der Waals surface area (Å²) >= 11 is 2.25. The number of quaternary nitrogens is 1. The molecule has 3 amide bonds. The summed E-state index contributed by atoms with van der Waals surface area (Å²) < 4.78 is 17.0. The zero-order valence-electron chi connectivity index (χ0n) is 37.4. The fourth-order valence-electron chi connectivity index (χ4n) is 7.56. The summed E-state index contributed by atoms with van der Waals surface area (Å²) in [6.07, 6.45) is 0.841. The highest BCUT2D eigenvalue weighted by molar-refractivity contribution is 8.00. The van der Waals surface area contributed by atoms with Crippen LogP contribution in [0.15, 0.2) is 43.5 Å². The number of ether oxygens (including phenoxy) is 2. The Labute approximate surface area is 382 Å². The number of rotatable bonds is 13. The molecule has 0 unspecified atom stereocenters. The summed E-state index contributed by atoms with van der Waals surface area (Å²) in [5.41, 5.74) is -4.66. The average Bonchev–Trinajstić information content (AvgIpc) is 3.87. The van der Waals surface area contributed by atoms with Gasteiger partial charge >= 0.3 is 26.1 Å². The Morgan fingerprint density at radius 3 is 2.23 bits per heavy atom. The van der Waals surface area contributed by atoms with E-state index in [0.29, 0.717) is 29.7 Å². The number of hydrogen-bond donors (Lipinski definition) is 5. The minimum Gasteiger partial charge on any atom is -0.539 e. The first kappa shape index (κ1) is 48.6. The SMILES string of the molecule is [B]OC(=O)C1=C(C[N+]2(CCn3[nH]c(=O)c4cc(O)c(O)cc4c3=O)CCCC2)[C@H](C)S[C@@H]2[C@H](NC(=O)/C(=N\OC(C)(C)C(=O)OC(C)(C)C)c3csc(NC(=O)OC(C)(C)C)n3)C(=O)N12. The number of phenols is 2. The van der Waals surface area contributed by atoms with Crippen molar-refractivity contribution in [1.29, 1.82) is 0 Å². The van der Waals surface area contributed by atoms with E-state index >= 15 is 0 Å². The van der Waals surface area contributed by atoms with E-state index < -0.39 is 91.6 Å². The Morgan fingerprint density at radius 1 is 0.985 bits per heavy atom. The summed E-state index contributed by atoms with van der Waals surface area (Å²) in [5, 5.41) is 31.8. The predicted octanol–water partition coefficient (Wildman–Crippen LogP) is 2.73. The number of thiazole rings is 1. The molecule has 0 spiro atoms. The number of β-lactam (4-membered cyclic amide) rings is 1. The number of anilines is 1. The lowest BCUT2D eigenvalue weighted by Crippen LogP contribution is -2.72. The van der Waals surface area contributed by atoms with Crippen molar-refractivity contribution in [3.63, 3.8) is 0 Å². The van der Waals surface area contributed by atoms with E-state index in [2.05, 4.69) is 25.9 Å². The number of esters is 1. The number of carbonyl (C=O) groups is 5. The van der Waals surface area contributed by atoms with E-state index in [1.165, 1.54) is 35.9 Å². The summed E-state index contributed by atoms with van der Waals surface area (Å²) in [6, 6.07) is 0.867. The van der Waals surface area contributed by atoms with Crippen LogP contribution in [0.3, 0.4) is 0 Å². The minimum atomic E-state index is -1.70. The molecule has 2 radical (unpaired) electrons. The fraction of sp³-hybridized carbons (Fsp3) is 0.537. The lowest BCUT2D eigenvalue weighted by atomic mass is 9.99. The van der Waals surface area contributed by atoms with Crippen molar-refractivity contribution < 1.29 is 57.6 Å². The standard InChI is InChI=1S/C41H51BN8O13S2/c1-20-23(18-50(13-10-11-14-50)15-12-48-32(55)22-17-26(52)25(51)16-21(22)30(53)46-48)29(35(57)62-42)49-33(56)28(34(49)65-20)44-31(54)27(47-63-41(8,9)36(58)60-39(2,3)4)24-19-64-37(43-24)45-38(59)61-40(5,6)7/h16-17,19-20,28,34H,10-15,18H2,1-9H3,(H4-,43,44,45,46,47,51,52,53,54,55,59)/p+1/t20-,28+,34+/m0/s1. The number of likely N-dealkylation sites (tertiary alicyclic amines) is 1. The fourth-order valence-corrected chi connectivity index (χ4v) is 9.68. The van der Waals surface area contributed by atoms with Crippen molar-refractivity contribution in [3.8, 4) is 11.5 Å². The molecule has 0 bridgehead atoms. The van der Waals surface area contributed by atoms with Crippen LogP contribution in [0, 0.1) is 0 Å². The average molecular weight is 940 g/mol. The number of oxime groups is 1. The monoisotopic (exact) mass is 939 g/mol. The van der Waals surface area contributed by atoms with Crippen molar-refractivity contribution in [2.24, 2.45) is 5.16 Å². The van der Waals surface area contributed by atoms with E-state index in [0.717, 1.165) is 41.0 Å². The lowest BCUT2D eigenvalue weighted by Gasteiger charge is -2.52. The molecule has 3 aromatic rings. The number of thioether (sulfide) groups is 1. The Hall–Kier alpha value is -5.88. The summed E-state index contributed by atoms with van der Waals surface area (Å²) in [6.45, 7) is 16.6. The topological polar surface area (TPSA) is 270 Å².